The van der Waals surface area contributed by atoms with Crippen LogP contribution in [0.15, 0.2) is 23.1 Å². The van der Waals surface area contributed by atoms with Gasteiger partial charge in [0.1, 0.15) is 10.6 Å². The van der Waals surface area contributed by atoms with Crippen molar-refractivity contribution in [2.75, 3.05) is 38.7 Å². The number of morpholine rings is 1. The molecule has 0 unspecified atom stereocenters. The molecule has 30 heavy (non-hydrogen) atoms. The maximum absolute atomic E-state index is 13.1. The molecular weight excluding hydrogens is 426 g/mol. The Morgan fingerprint density at radius 3 is 2.77 bits per heavy atom. The Balaban J connectivity index is 1.51. The van der Waals surface area contributed by atoms with Gasteiger partial charge in [0.2, 0.25) is 15.9 Å². The van der Waals surface area contributed by atoms with Crippen LogP contribution in [-0.4, -0.2) is 57.0 Å². The van der Waals surface area contributed by atoms with Crippen LogP contribution in [0.4, 0.5) is 5.13 Å². The molecule has 0 bridgehead atoms. The number of nitrogens with one attached hydrogen (secondary N) is 1. The van der Waals surface area contributed by atoms with Gasteiger partial charge in [-0.05, 0) is 43.4 Å². The Morgan fingerprint density at radius 2 is 2.03 bits per heavy atom. The minimum Gasteiger partial charge on any atom is -0.495 e. The van der Waals surface area contributed by atoms with Gasteiger partial charge in [-0.15, -0.1) is 11.3 Å². The maximum atomic E-state index is 13.1. The summed E-state index contributed by atoms with van der Waals surface area (Å²) in [5.74, 6) is 0.0410. The molecule has 1 aliphatic heterocycles. The quantitative estimate of drug-likeness (QED) is 0.723. The van der Waals surface area contributed by atoms with Crippen molar-refractivity contribution in [1.82, 2.24) is 9.29 Å². The molecule has 0 atom stereocenters. The molecule has 1 saturated heterocycles. The Bertz CT molecular complexity index is 1010. The lowest BCUT2D eigenvalue weighted by atomic mass is 10.0. The van der Waals surface area contributed by atoms with Crippen molar-refractivity contribution in [3.05, 3.63) is 34.3 Å². The highest BCUT2D eigenvalue weighted by atomic mass is 32.2. The standard InChI is InChI=1S/C20H25N3O5S2/c1-27-16-7-6-14(12-18(16)30(25,26)23-8-10-28-11-9-23)13-19(24)22-20-21-15-4-2-3-5-17(15)29-20/h6-7,12H,2-5,8-11,13H2,1H3,(H,21,22,24). The first-order valence-electron chi connectivity index (χ1n) is 10.0. The lowest BCUT2D eigenvalue weighted by Gasteiger charge is -2.26. The lowest BCUT2D eigenvalue weighted by molar-refractivity contribution is -0.115. The van der Waals surface area contributed by atoms with Gasteiger partial charge in [0.15, 0.2) is 5.13 Å². The molecule has 10 heteroatoms. The highest BCUT2D eigenvalue weighted by molar-refractivity contribution is 7.89. The molecule has 1 aromatic heterocycles. The van der Waals surface area contributed by atoms with E-state index in [2.05, 4.69) is 10.3 Å². The number of amides is 1. The van der Waals surface area contributed by atoms with E-state index in [9.17, 15) is 13.2 Å². The number of hydrogen-bond acceptors (Lipinski definition) is 7. The zero-order valence-corrected chi connectivity index (χ0v) is 18.5. The van der Waals surface area contributed by atoms with Crippen molar-refractivity contribution in [2.24, 2.45) is 0 Å². The third kappa shape index (κ3) is 4.51. The number of anilines is 1. The molecule has 1 fully saturated rings. The molecule has 0 spiro atoms. The van der Waals surface area contributed by atoms with E-state index in [1.807, 2.05) is 0 Å². The van der Waals surface area contributed by atoms with E-state index in [0.717, 1.165) is 31.4 Å². The number of thiazole rings is 1. The van der Waals surface area contributed by atoms with Gasteiger partial charge in [0.25, 0.3) is 0 Å². The van der Waals surface area contributed by atoms with Crippen molar-refractivity contribution in [3.63, 3.8) is 0 Å². The molecule has 1 amide bonds. The van der Waals surface area contributed by atoms with Gasteiger partial charge in [-0.2, -0.15) is 4.31 Å². The first-order chi connectivity index (χ1) is 14.5. The van der Waals surface area contributed by atoms with Crippen molar-refractivity contribution in [1.29, 1.82) is 0 Å². The molecule has 2 aromatic rings. The average Bonchev–Trinajstić information content (AvgIpc) is 3.16. The van der Waals surface area contributed by atoms with Crippen LogP contribution in [0, 0.1) is 0 Å². The van der Waals surface area contributed by atoms with E-state index in [0.29, 0.717) is 37.0 Å². The van der Waals surface area contributed by atoms with Gasteiger partial charge in [0, 0.05) is 18.0 Å². The van der Waals surface area contributed by atoms with Crippen molar-refractivity contribution in [3.8, 4) is 5.75 Å². The Kier molecular flexibility index (Phi) is 6.37. The number of fused-ring (bicyclic) bond motifs is 1. The largest absolute Gasteiger partial charge is 0.495 e. The number of ether oxygens (including phenoxy) is 2. The fraction of sp³-hybridized carbons (Fsp3) is 0.500. The minimum atomic E-state index is -3.74. The van der Waals surface area contributed by atoms with Crippen LogP contribution < -0.4 is 10.1 Å². The second-order valence-corrected chi connectivity index (χ2v) is 10.3. The summed E-state index contributed by atoms with van der Waals surface area (Å²) < 4.78 is 38.1. The summed E-state index contributed by atoms with van der Waals surface area (Å²) in [6.07, 6.45) is 4.33. The Morgan fingerprint density at radius 1 is 1.27 bits per heavy atom. The number of sulfonamides is 1. The van der Waals surface area contributed by atoms with Crippen LogP contribution >= 0.6 is 11.3 Å². The van der Waals surface area contributed by atoms with Crippen LogP contribution in [0.5, 0.6) is 5.75 Å². The number of carbonyl (C=O) groups is 1. The van der Waals surface area contributed by atoms with Crippen LogP contribution in [-0.2, 0) is 38.8 Å². The fourth-order valence-corrected chi connectivity index (χ4v) is 6.39. The highest BCUT2D eigenvalue weighted by Gasteiger charge is 2.29. The van der Waals surface area contributed by atoms with Crippen LogP contribution in [0.25, 0.3) is 0 Å². The van der Waals surface area contributed by atoms with E-state index in [4.69, 9.17) is 9.47 Å². The second-order valence-electron chi connectivity index (χ2n) is 7.32. The van der Waals surface area contributed by atoms with Gasteiger partial charge in [-0.3, -0.25) is 4.79 Å². The van der Waals surface area contributed by atoms with Gasteiger partial charge in [-0.25, -0.2) is 13.4 Å². The molecule has 2 heterocycles. The third-order valence-corrected chi connectivity index (χ3v) is 8.27. The number of aryl methyl sites for hydroxylation is 2. The zero-order chi connectivity index (χ0) is 21.1. The van der Waals surface area contributed by atoms with E-state index in [-0.39, 0.29) is 23.0 Å². The minimum absolute atomic E-state index is 0.0554. The lowest BCUT2D eigenvalue weighted by Crippen LogP contribution is -2.40. The predicted molar refractivity (Wildman–Crippen MR) is 114 cm³/mol. The van der Waals surface area contributed by atoms with Gasteiger partial charge >= 0.3 is 0 Å². The summed E-state index contributed by atoms with van der Waals surface area (Å²) in [6.45, 7) is 1.32. The van der Waals surface area contributed by atoms with Gasteiger partial charge in [0.05, 0.1) is 32.4 Å². The SMILES string of the molecule is COc1ccc(CC(=O)Nc2nc3c(s2)CCCC3)cc1S(=O)(=O)N1CCOCC1. The first kappa shape index (κ1) is 21.2. The number of nitrogens with zero attached hydrogens (tertiary/aromatic N) is 2. The predicted octanol–water partition coefficient (Wildman–Crippen LogP) is 2.23. The van der Waals surface area contributed by atoms with Crippen molar-refractivity contribution in [2.45, 2.75) is 37.0 Å². The molecule has 2 aliphatic rings. The molecular formula is C20H25N3O5S2. The average molecular weight is 452 g/mol. The number of methoxy groups -OCH3 is 1. The topological polar surface area (TPSA) is 97.8 Å². The molecule has 0 saturated carbocycles. The maximum Gasteiger partial charge on any atom is 0.246 e. The number of hydrogen-bond donors (Lipinski definition) is 1. The highest BCUT2D eigenvalue weighted by Crippen LogP contribution is 2.31. The third-order valence-electron chi connectivity index (χ3n) is 5.27. The number of aromatic nitrogens is 1. The molecule has 162 valence electrons. The van der Waals surface area contributed by atoms with Crippen LogP contribution in [0.3, 0.4) is 0 Å². The second kappa shape index (κ2) is 9.01. The molecule has 0 radical (unpaired) electrons. The Labute approximate surface area is 180 Å². The van der Waals surface area contributed by atoms with Gasteiger partial charge < -0.3 is 14.8 Å². The molecule has 1 aromatic carbocycles. The number of benzene rings is 1. The van der Waals surface area contributed by atoms with E-state index < -0.39 is 10.0 Å². The van der Waals surface area contributed by atoms with E-state index in [1.54, 1.807) is 12.1 Å². The van der Waals surface area contributed by atoms with Crippen molar-refractivity contribution < 1.29 is 22.7 Å². The summed E-state index contributed by atoms with van der Waals surface area (Å²) >= 11 is 1.53. The van der Waals surface area contributed by atoms with Gasteiger partial charge in [-0.1, -0.05) is 6.07 Å². The van der Waals surface area contributed by atoms with E-state index in [1.165, 1.54) is 33.7 Å². The van der Waals surface area contributed by atoms with Crippen LogP contribution in [0.2, 0.25) is 0 Å². The monoisotopic (exact) mass is 451 g/mol. The first-order valence-corrected chi connectivity index (χ1v) is 12.3. The molecule has 4 rings (SSSR count). The molecule has 8 nitrogen and oxygen atoms in total. The Hall–Kier alpha value is -2.01. The smallest absolute Gasteiger partial charge is 0.246 e. The summed E-state index contributed by atoms with van der Waals surface area (Å²) in [7, 11) is -2.30. The molecule has 1 aliphatic carbocycles. The van der Waals surface area contributed by atoms with Crippen molar-refractivity contribution >= 4 is 32.4 Å². The normalized spacial score (nSPS) is 17.4. The fourth-order valence-electron chi connectivity index (χ4n) is 3.71. The summed E-state index contributed by atoms with van der Waals surface area (Å²) in [5.41, 5.74) is 1.69. The summed E-state index contributed by atoms with van der Waals surface area (Å²) in [6, 6.07) is 4.83. The summed E-state index contributed by atoms with van der Waals surface area (Å²) in [4.78, 5) is 18.4. The zero-order valence-electron chi connectivity index (χ0n) is 16.8. The number of carbonyl (C=O) groups excluding carboxylic acids is 1. The van der Waals surface area contributed by atoms with E-state index >= 15 is 0 Å². The van der Waals surface area contributed by atoms with Crippen LogP contribution in [0.1, 0.15) is 29.0 Å². The number of rotatable bonds is 6. The summed E-state index contributed by atoms with van der Waals surface area (Å²) in [5, 5.41) is 3.47. The molecule has 1 N–H and O–H groups in total.